The monoisotopic (exact) mass is 401 g/mol. The van der Waals surface area contributed by atoms with Crippen LogP contribution in [-0.4, -0.2) is 25.0 Å². The van der Waals surface area contributed by atoms with Crippen LogP contribution < -0.4 is 16.0 Å². The zero-order valence-electron chi connectivity index (χ0n) is 15.6. The Morgan fingerprint density at radius 1 is 1.25 bits per heavy atom. The van der Waals surface area contributed by atoms with Crippen molar-refractivity contribution in [3.05, 3.63) is 64.9 Å². The number of halogens is 2. The Balaban J connectivity index is 1.96. The van der Waals surface area contributed by atoms with Gasteiger partial charge < -0.3 is 10.6 Å². The molecule has 0 spiro atoms. The van der Waals surface area contributed by atoms with Crippen molar-refractivity contribution in [2.75, 3.05) is 18.4 Å². The summed E-state index contributed by atoms with van der Waals surface area (Å²) in [6, 6.07) is 12.5. The standard InChI is InChI=1S/C20H21ClFN5O/c1-20(2,11-24-18(28)14-6-8-15(21)9-7-14)12-25-19(26-13-23)27-17-5-3-4-16(22)10-17/h3-10H,11-12H2,1-2H3,(H,24,28)(H2,25,26,27). The Morgan fingerprint density at radius 2 is 1.96 bits per heavy atom. The Hall–Kier alpha value is -3.11. The number of rotatable bonds is 6. The third-order valence-corrected chi connectivity index (χ3v) is 4.01. The SMILES string of the molecule is CC(C)(CN=C(NC#N)Nc1cccc(F)c1)CNC(=O)c1ccc(Cl)cc1. The lowest BCUT2D eigenvalue weighted by Crippen LogP contribution is -2.37. The number of hydrogen-bond acceptors (Lipinski definition) is 3. The normalized spacial score (nSPS) is 11.5. The van der Waals surface area contributed by atoms with Crippen LogP contribution in [-0.2, 0) is 0 Å². The van der Waals surface area contributed by atoms with Crippen LogP contribution in [0.2, 0.25) is 5.02 Å². The van der Waals surface area contributed by atoms with E-state index in [-0.39, 0.29) is 17.3 Å². The molecular formula is C20H21ClFN5O. The minimum Gasteiger partial charge on any atom is -0.351 e. The molecule has 0 aliphatic heterocycles. The second-order valence-electron chi connectivity index (χ2n) is 6.89. The van der Waals surface area contributed by atoms with Crippen LogP contribution in [0.1, 0.15) is 24.2 Å². The molecule has 0 fully saturated rings. The van der Waals surface area contributed by atoms with Crippen molar-refractivity contribution in [1.29, 1.82) is 5.26 Å². The number of nitrogens with zero attached hydrogens (tertiary/aromatic N) is 2. The van der Waals surface area contributed by atoms with Crippen molar-refractivity contribution in [2.24, 2.45) is 10.4 Å². The van der Waals surface area contributed by atoms with Gasteiger partial charge in [0.25, 0.3) is 5.91 Å². The lowest BCUT2D eigenvalue weighted by atomic mass is 9.93. The molecule has 0 heterocycles. The summed E-state index contributed by atoms with van der Waals surface area (Å²) in [5.74, 6) is -0.404. The number of anilines is 1. The van der Waals surface area contributed by atoms with E-state index >= 15 is 0 Å². The van der Waals surface area contributed by atoms with Crippen molar-refractivity contribution >= 4 is 29.2 Å². The van der Waals surface area contributed by atoms with E-state index in [1.165, 1.54) is 12.1 Å². The van der Waals surface area contributed by atoms with Gasteiger partial charge in [-0.3, -0.25) is 15.1 Å². The van der Waals surface area contributed by atoms with Crippen LogP contribution in [0, 0.1) is 22.7 Å². The van der Waals surface area contributed by atoms with Gasteiger partial charge in [0.15, 0.2) is 6.19 Å². The molecule has 0 radical (unpaired) electrons. The average Bonchev–Trinajstić information content (AvgIpc) is 2.65. The van der Waals surface area contributed by atoms with Crippen LogP contribution in [0.25, 0.3) is 0 Å². The summed E-state index contributed by atoms with van der Waals surface area (Å²) in [5.41, 5.74) is 0.604. The summed E-state index contributed by atoms with van der Waals surface area (Å²) in [7, 11) is 0. The predicted molar refractivity (Wildman–Crippen MR) is 109 cm³/mol. The van der Waals surface area contributed by atoms with Crippen molar-refractivity contribution in [2.45, 2.75) is 13.8 Å². The quantitative estimate of drug-likeness (QED) is 0.297. The summed E-state index contributed by atoms with van der Waals surface area (Å²) in [6.45, 7) is 4.56. The van der Waals surface area contributed by atoms with Crippen LogP contribution >= 0.6 is 11.6 Å². The number of nitrogens with one attached hydrogen (secondary N) is 3. The molecule has 6 nitrogen and oxygen atoms in total. The van der Waals surface area contributed by atoms with Gasteiger partial charge in [0.1, 0.15) is 5.82 Å². The lowest BCUT2D eigenvalue weighted by Gasteiger charge is -2.23. The van der Waals surface area contributed by atoms with Crippen LogP contribution in [0.15, 0.2) is 53.5 Å². The molecule has 8 heteroatoms. The van der Waals surface area contributed by atoms with E-state index in [1.54, 1.807) is 42.6 Å². The van der Waals surface area contributed by atoms with E-state index < -0.39 is 5.82 Å². The molecule has 2 aromatic carbocycles. The maximum absolute atomic E-state index is 13.3. The second kappa shape index (κ2) is 9.72. The number of carbonyl (C=O) groups is 1. The molecule has 28 heavy (non-hydrogen) atoms. The van der Waals surface area contributed by atoms with Gasteiger partial charge in [-0.1, -0.05) is 31.5 Å². The molecule has 3 N–H and O–H groups in total. The smallest absolute Gasteiger partial charge is 0.251 e. The number of nitriles is 1. The molecular weight excluding hydrogens is 381 g/mol. The first kappa shape index (κ1) is 21.2. The first-order chi connectivity index (χ1) is 13.3. The third-order valence-electron chi connectivity index (χ3n) is 3.76. The van der Waals surface area contributed by atoms with E-state index in [2.05, 4.69) is 20.9 Å². The van der Waals surface area contributed by atoms with Gasteiger partial charge in [-0.2, -0.15) is 5.26 Å². The third kappa shape index (κ3) is 6.89. The molecule has 0 bridgehead atoms. The number of carbonyl (C=O) groups excluding carboxylic acids is 1. The molecule has 0 aliphatic carbocycles. The summed E-state index contributed by atoms with van der Waals surface area (Å²) in [4.78, 5) is 16.6. The van der Waals surface area contributed by atoms with Gasteiger partial charge in [-0.05, 0) is 42.5 Å². The number of benzene rings is 2. The molecule has 0 unspecified atom stereocenters. The first-order valence-electron chi connectivity index (χ1n) is 8.55. The van der Waals surface area contributed by atoms with Crippen molar-refractivity contribution in [3.8, 4) is 6.19 Å². The Kier molecular flexibility index (Phi) is 7.36. The molecule has 0 saturated carbocycles. The molecule has 2 aromatic rings. The van der Waals surface area contributed by atoms with Gasteiger partial charge in [0.2, 0.25) is 5.96 Å². The summed E-state index contributed by atoms with van der Waals surface area (Å²) in [6.07, 6.45) is 1.80. The van der Waals surface area contributed by atoms with E-state index in [9.17, 15) is 9.18 Å². The van der Waals surface area contributed by atoms with Crippen LogP contribution in [0.3, 0.4) is 0 Å². The summed E-state index contributed by atoms with van der Waals surface area (Å²) >= 11 is 5.83. The van der Waals surface area contributed by atoms with Gasteiger partial charge in [0, 0.05) is 34.8 Å². The maximum atomic E-state index is 13.3. The maximum Gasteiger partial charge on any atom is 0.251 e. The van der Waals surface area contributed by atoms with Crippen LogP contribution in [0.5, 0.6) is 0 Å². The van der Waals surface area contributed by atoms with Crippen molar-refractivity contribution in [1.82, 2.24) is 10.6 Å². The van der Waals surface area contributed by atoms with E-state index in [4.69, 9.17) is 16.9 Å². The molecule has 146 valence electrons. The minimum absolute atomic E-state index is 0.199. The lowest BCUT2D eigenvalue weighted by molar-refractivity contribution is 0.0938. The van der Waals surface area contributed by atoms with Crippen molar-refractivity contribution in [3.63, 3.8) is 0 Å². The predicted octanol–water partition coefficient (Wildman–Crippen LogP) is 3.77. The van der Waals surface area contributed by atoms with E-state index in [0.29, 0.717) is 29.4 Å². The van der Waals surface area contributed by atoms with Gasteiger partial charge in [-0.25, -0.2) is 4.39 Å². The minimum atomic E-state index is -0.397. The highest BCUT2D eigenvalue weighted by molar-refractivity contribution is 6.30. The topological polar surface area (TPSA) is 89.3 Å². The molecule has 0 aliphatic rings. The second-order valence-corrected chi connectivity index (χ2v) is 7.33. The fourth-order valence-electron chi connectivity index (χ4n) is 2.24. The molecule has 0 atom stereocenters. The molecule has 0 aromatic heterocycles. The van der Waals surface area contributed by atoms with Gasteiger partial charge in [-0.15, -0.1) is 0 Å². The molecule has 2 rings (SSSR count). The average molecular weight is 402 g/mol. The summed E-state index contributed by atoms with van der Waals surface area (Å²) in [5, 5.41) is 17.6. The van der Waals surface area contributed by atoms with Gasteiger partial charge >= 0.3 is 0 Å². The highest BCUT2D eigenvalue weighted by Crippen LogP contribution is 2.16. The largest absolute Gasteiger partial charge is 0.351 e. The Morgan fingerprint density at radius 3 is 2.61 bits per heavy atom. The van der Waals surface area contributed by atoms with E-state index in [0.717, 1.165) is 0 Å². The number of aliphatic imine (C=N–C) groups is 1. The number of amides is 1. The van der Waals surface area contributed by atoms with E-state index in [1.807, 2.05) is 13.8 Å². The fraction of sp³-hybridized carbons (Fsp3) is 0.250. The highest BCUT2D eigenvalue weighted by Gasteiger charge is 2.19. The zero-order chi connectivity index (χ0) is 20.6. The van der Waals surface area contributed by atoms with Gasteiger partial charge in [0.05, 0.1) is 0 Å². The highest BCUT2D eigenvalue weighted by atomic mass is 35.5. The van der Waals surface area contributed by atoms with Crippen molar-refractivity contribution < 1.29 is 9.18 Å². The first-order valence-corrected chi connectivity index (χ1v) is 8.93. The Labute approximate surface area is 168 Å². The Bertz CT molecular complexity index is 890. The zero-order valence-corrected chi connectivity index (χ0v) is 16.3. The number of guanidine groups is 1. The molecule has 1 amide bonds. The fourth-order valence-corrected chi connectivity index (χ4v) is 2.36. The summed E-state index contributed by atoms with van der Waals surface area (Å²) < 4.78 is 13.3. The number of hydrogen-bond donors (Lipinski definition) is 3. The van der Waals surface area contributed by atoms with Crippen LogP contribution in [0.4, 0.5) is 10.1 Å². The molecule has 0 saturated heterocycles.